The van der Waals surface area contributed by atoms with Gasteiger partial charge in [0.05, 0.1) is 10.8 Å². The van der Waals surface area contributed by atoms with Gasteiger partial charge in [0.15, 0.2) is 0 Å². The van der Waals surface area contributed by atoms with Crippen molar-refractivity contribution in [3.63, 3.8) is 0 Å². The molecule has 1 aromatic carbocycles. The third-order valence-corrected chi connectivity index (χ3v) is 2.46. The van der Waals surface area contributed by atoms with Gasteiger partial charge >= 0.3 is 0 Å². The molecule has 0 N–H and O–H groups in total. The van der Waals surface area contributed by atoms with Crippen molar-refractivity contribution in [2.45, 2.75) is 6.92 Å². The van der Waals surface area contributed by atoms with E-state index in [1.807, 2.05) is 25.1 Å². The lowest BCUT2D eigenvalue weighted by Crippen LogP contribution is -1.76. The van der Waals surface area contributed by atoms with Crippen molar-refractivity contribution in [1.82, 2.24) is 0 Å². The van der Waals surface area contributed by atoms with E-state index in [0.29, 0.717) is 10.7 Å². The van der Waals surface area contributed by atoms with E-state index in [4.69, 9.17) is 16.0 Å². The van der Waals surface area contributed by atoms with E-state index in [9.17, 15) is 0 Å². The Hall–Kier alpha value is -1.41. The predicted octanol–water partition coefficient (Wildman–Crippen LogP) is 4.64. The molecule has 1 aromatic heterocycles. The van der Waals surface area contributed by atoms with E-state index in [1.165, 1.54) is 0 Å². The van der Waals surface area contributed by atoms with E-state index in [-0.39, 0.29) is 0 Å². The van der Waals surface area contributed by atoms with Crippen molar-refractivity contribution in [2.24, 2.45) is 4.99 Å². The number of thiocarbonyl (C=S) groups is 1. The van der Waals surface area contributed by atoms with Crippen LogP contribution in [0.5, 0.6) is 0 Å². The molecular weight excluding hydrogens is 242 g/mol. The molecule has 0 aliphatic carbocycles. The van der Waals surface area contributed by atoms with Crippen LogP contribution < -0.4 is 0 Å². The van der Waals surface area contributed by atoms with Crippen molar-refractivity contribution >= 4 is 34.7 Å². The Bertz CT molecular complexity index is 570. The smallest absolute Gasteiger partial charge is 0.136 e. The molecule has 0 saturated carbocycles. The topological polar surface area (TPSA) is 25.5 Å². The number of hydrogen-bond donors (Lipinski definition) is 0. The summed E-state index contributed by atoms with van der Waals surface area (Å²) in [6.45, 7) is 1.89. The van der Waals surface area contributed by atoms with E-state index in [0.717, 1.165) is 17.1 Å². The fraction of sp³-hybridized carbons (Fsp3) is 0.0833. The number of rotatable bonds is 2. The molecule has 0 aliphatic heterocycles. The van der Waals surface area contributed by atoms with Crippen LogP contribution in [0, 0.1) is 6.92 Å². The molecule has 2 rings (SSSR count). The molecule has 1 heterocycles. The summed E-state index contributed by atoms with van der Waals surface area (Å²) < 4.78 is 5.53. The van der Waals surface area contributed by atoms with Crippen LogP contribution in [-0.2, 0) is 0 Å². The molecule has 0 radical (unpaired) electrons. The van der Waals surface area contributed by atoms with Crippen LogP contribution in [0.1, 0.15) is 5.76 Å². The maximum Gasteiger partial charge on any atom is 0.136 e. The predicted molar refractivity (Wildman–Crippen MR) is 68.6 cm³/mol. The Morgan fingerprint density at radius 3 is 2.75 bits per heavy atom. The molecule has 16 heavy (non-hydrogen) atoms. The lowest BCUT2D eigenvalue weighted by Gasteiger charge is -2.01. The Labute approximate surface area is 104 Å². The van der Waals surface area contributed by atoms with E-state index in [1.54, 1.807) is 12.1 Å². The molecule has 2 aromatic rings. The van der Waals surface area contributed by atoms with Crippen molar-refractivity contribution in [3.05, 3.63) is 41.1 Å². The first kappa shape index (κ1) is 11.1. The maximum absolute atomic E-state index is 5.89. The van der Waals surface area contributed by atoms with Gasteiger partial charge in [0.1, 0.15) is 11.5 Å². The first-order valence-electron chi connectivity index (χ1n) is 4.65. The highest BCUT2D eigenvalue weighted by Crippen LogP contribution is 2.33. The normalized spacial score (nSPS) is 9.88. The molecule has 4 heteroatoms. The summed E-state index contributed by atoms with van der Waals surface area (Å²) in [7, 11) is 0. The van der Waals surface area contributed by atoms with Crippen molar-refractivity contribution in [3.8, 4) is 11.3 Å². The molecule has 0 spiro atoms. The quantitative estimate of drug-likeness (QED) is 0.572. The summed E-state index contributed by atoms with van der Waals surface area (Å²) in [6, 6.07) is 9.16. The lowest BCUT2D eigenvalue weighted by atomic mass is 10.1. The van der Waals surface area contributed by atoms with Gasteiger partial charge in [0.2, 0.25) is 0 Å². The summed E-state index contributed by atoms with van der Waals surface area (Å²) >= 11 is 10.5. The fourth-order valence-electron chi connectivity index (χ4n) is 1.43. The van der Waals surface area contributed by atoms with E-state index in [2.05, 4.69) is 22.4 Å². The summed E-state index contributed by atoms with van der Waals surface area (Å²) in [4.78, 5) is 3.97. The zero-order valence-electron chi connectivity index (χ0n) is 8.53. The van der Waals surface area contributed by atoms with Gasteiger partial charge in [-0.25, -0.2) is 0 Å². The second kappa shape index (κ2) is 4.62. The van der Waals surface area contributed by atoms with Gasteiger partial charge in [-0.15, -0.1) is 0 Å². The fourth-order valence-corrected chi connectivity index (χ4v) is 1.70. The van der Waals surface area contributed by atoms with Crippen molar-refractivity contribution in [2.75, 3.05) is 0 Å². The first-order valence-corrected chi connectivity index (χ1v) is 5.43. The number of furan rings is 1. The summed E-state index contributed by atoms with van der Waals surface area (Å²) in [6.07, 6.45) is 0. The van der Waals surface area contributed by atoms with Crippen LogP contribution in [0.2, 0.25) is 5.02 Å². The lowest BCUT2D eigenvalue weighted by molar-refractivity contribution is 0.548. The van der Waals surface area contributed by atoms with Gasteiger partial charge in [0, 0.05) is 10.6 Å². The highest BCUT2D eigenvalue weighted by atomic mass is 35.5. The van der Waals surface area contributed by atoms with E-state index < -0.39 is 0 Å². The highest BCUT2D eigenvalue weighted by Gasteiger charge is 2.08. The van der Waals surface area contributed by atoms with Crippen LogP contribution in [0.15, 0.2) is 39.7 Å². The SMILES string of the molecule is Cc1ccc(-c2ccc(Cl)cc2N=C=S)o1. The van der Waals surface area contributed by atoms with Crippen molar-refractivity contribution < 1.29 is 4.42 Å². The van der Waals surface area contributed by atoms with Gasteiger partial charge in [0.25, 0.3) is 0 Å². The molecule has 2 nitrogen and oxygen atoms in total. The Morgan fingerprint density at radius 2 is 2.12 bits per heavy atom. The third kappa shape index (κ3) is 2.22. The molecule has 0 amide bonds. The molecule has 80 valence electrons. The largest absolute Gasteiger partial charge is 0.461 e. The number of aryl methyl sites for hydroxylation is 1. The first-order chi connectivity index (χ1) is 7.70. The van der Waals surface area contributed by atoms with Gasteiger partial charge in [-0.05, 0) is 49.5 Å². The molecular formula is C12H8ClNOS. The summed E-state index contributed by atoms with van der Waals surface area (Å²) in [5, 5.41) is 2.94. The van der Waals surface area contributed by atoms with Gasteiger partial charge in [-0.1, -0.05) is 11.6 Å². The standard InChI is InChI=1S/C12H8ClNOS/c1-8-2-5-12(15-8)10-4-3-9(13)6-11(10)14-7-16/h2-6H,1H3. The second-order valence-corrected chi connectivity index (χ2v) is 3.89. The minimum atomic E-state index is 0.607. The minimum Gasteiger partial charge on any atom is -0.461 e. The molecule has 0 bridgehead atoms. The molecule has 0 atom stereocenters. The molecule has 0 saturated heterocycles. The number of isothiocyanates is 1. The number of hydrogen-bond acceptors (Lipinski definition) is 3. The monoisotopic (exact) mass is 249 g/mol. The van der Waals surface area contributed by atoms with Crippen molar-refractivity contribution in [1.29, 1.82) is 0 Å². The van der Waals surface area contributed by atoms with Crippen LogP contribution in [0.4, 0.5) is 5.69 Å². The number of aliphatic imine (C=N–C) groups is 1. The Morgan fingerprint density at radius 1 is 1.31 bits per heavy atom. The summed E-state index contributed by atoms with van der Waals surface area (Å²) in [5.41, 5.74) is 1.52. The molecule has 0 fully saturated rings. The van der Waals surface area contributed by atoms with Crippen LogP contribution in [0.3, 0.4) is 0 Å². The third-order valence-electron chi connectivity index (χ3n) is 2.13. The highest BCUT2D eigenvalue weighted by molar-refractivity contribution is 7.78. The van der Waals surface area contributed by atoms with Gasteiger partial charge in [-0.3, -0.25) is 0 Å². The average molecular weight is 250 g/mol. The number of nitrogens with zero attached hydrogens (tertiary/aromatic N) is 1. The summed E-state index contributed by atoms with van der Waals surface area (Å²) in [5.74, 6) is 1.60. The number of benzene rings is 1. The zero-order valence-corrected chi connectivity index (χ0v) is 10.1. The minimum absolute atomic E-state index is 0.607. The van der Waals surface area contributed by atoms with Gasteiger partial charge < -0.3 is 4.42 Å². The average Bonchev–Trinajstić information content (AvgIpc) is 2.65. The number of halogens is 1. The molecule has 0 unspecified atom stereocenters. The van der Waals surface area contributed by atoms with E-state index >= 15 is 0 Å². The Balaban J connectivity index is 2.59. The van der Waals surface area contributed by atoms with Crippen LogP contribution in [-0.4, -0.2) is 5.16 Å². The second-order valence-electron chi connectivity index (χ2n) is 3.27. The maximum atomic E-state index is 5.89. The van der Waals surface area contributed by atoms with Crippen LogP contribution in [0.25, 0.3) is 11.3 Å². The zero-order chi connectivity index (χ0) is 11.5. The Kier molecular flexibility index (Phi) is 3.20. The van der Waals surface area contributed by atoms with Gasteiger partial charge in [-0.2, -0.15) is 4.99 Å². The molecule has 0 aliphatic rings. The van der Waals surface area contributed by atoms with Crippen LogP contribution >= 0.6 is 23.8 Å².